The molecule has 0 aliphatic heterocycles. The first-order valence-electron chi connectivity index (χ1n) is 7.03. The highest BCUT2D eigenvalue weighted by atomic mass is 16.5. The van der Waals surface area contributed by atoms with E-state index in [2.05, 4.69) is 13.8 Å². The van der Waals surface area contributed by atoms with E-state index in [1.165, 1.54) is 37.7 Å². The molecule has 1 unspecified atom stereocenters. The summed E-state index contributed by atoms with van der Waals surface area (Å²) in [4.78, 5) is 0. The molecular formula is C16H24O2. The molecule has 1 aliphatic rings. The highest BCUT2D eigenvalue weighted by Crippen LogP contribution is 2.32. The van der Waals surface area contributed by atoms with Gasteiger partial charge >= 0.3 is 0 Å². The Bertz CT molecular complexity index is 363. The Morgan fingerprint density at radius 2 is 1.78 bits per heavy atom. The van der Waals surface area contributed by atoms with Crippen LogP contribution in [0.5, 0.6) is 5.75 Å². The number of ether oxygens (including phenoxy) is 1. The van der Waals surface area contributed by atoms with Crippen LogP contribution >= 0.6 is 0 Å². The number of hydrogen-bond donors (Lipinski definition) is 1. The first-order chi connectivity index (χ1) is 8.57. The van der Waals surface area contributed by atoms with Crippen molar-refractivity contribution >= 4 is 0 Å². The molecule has 1 atom stereocenters. The maximum absolute atomic E-state index is 9.26. The van der Waals surface area contributed by atoms with Gasteiger partial charge in [0.05, 0.1) is 11.7 Å². The molecular weight excluding hydrogens is 224 g/mol. The van der Waals surface area contributed by atoms with Gasteiger partial charge < -0.3 is 9.84 Å². The molecule has 0 aromatic heterocycles. The zero-order valence-corrected chi connectivity index (χ0v) is 11.5. The van der Waals surface area contributed by atoms with Gasteiger partial charge in [0.2, 0.25) is 0 Å². The van der Waals surface area contributed by atoms with Crippen LogP contribution in [0.3, 0.4) is 0 Å². The summed E-state index contributed by atoms with van der Waals surface area (Å²) in [5.41, 5.74) is 1.30. The Morgan fingerprint density at radius 3 is 2.39 bits per heavy atom. The van der Waals surface area contributed by atoms with Gasteiger partial charge in [-0.2, -0.15) is 0 Å². The zero-order chi connectivity index (χ0) is 13.0. The summed E-state index contributed by atoms with van der Waals surface area (Å²) in [7, 11) is 0. The second-order valence-electron chi connectivity index (χ2n) is 5.81. The quantitative estimate of drug-likeness (QED) is 0.870. The zero-order valence-electron chi connectivity index (χ0n) is 11.5. The van der Waals surface area contributed by atoms with Gasteiger partial charge in [-0.25, -0.2) is 0 Å². The molecule has 0 bridgehead atoms. The largest absolute Gasteiger partial charge is 0.508 e. The van der Waals surface area contributed by atoms with Crippen molar-refractivity contribution in [3.8, 4) is 5.75 Å². The number of rotatable bonds is 4. The molecule has 2 rings (SSSR count). The molecule has 1 saturated carbocycles. The van der Waals surface area contributed by atoms with Gasteiger partial charge in [-0.1, -0.05) is 31.4 Å². The van der Waals surface area contributed by atoms with E-state index in [1.807, 2.05) is 12.1 Å². The van der Waals surface area contributed by atoms with Gasteiger partial charge in [0.15, 0.2) is 0 Å². The molecule has 1 fully saturated rings. The van der Waals surface area contributed by atoms with E-state index in [1.54, 1.807) is 12.1 Å². The van der Waals surface area contributed by atoms with Crippen molar-refractivity contribution in [1.82, 2.24) is 0 Å². The molecule has 2 heteroatoms. The number of aromatic hydroxyl groups is 1. The van der Waals surface area contributed by atoms with Crippen molar-refractivity contribution in [1.29, 1.82) is 0 Å². The Balaban J connectivity index is 1.87. The van der Waals surface area contributed by atoms with Crippen LogP contribution in [0.15, 0.2) is 24.3 Å². The SMILES string of the molecule is CC(Cc1ccc(O)cc1)OC1(C)CCCCC1. The Labute approximate surface area is 110 Å². The molecule has 1 N–H and O–H groups in total. The highest BCUT2D eigenvalue weighted by molar-refractivity contribution is 5.26. The third-order valence-electron chi connectivity index (χ3n) is 3.86. The van der Waals surface area contributed by atoms with Crippen LogP contribution in [0.4, 0.5) is 0 Å². The Morgan fingerprint density at radius 1 is 1.17 bits per heavy atom. The number of hydrogen-bond acceptors (Lipinski definition) is 2. The average Bonchev–Trinajstić information content (AvgIpc) is 2.32. The van der Waals surface area contributed by atoms with Crippen molar-refractivity contribution in [2.24, 2.45) is 0 Å². The molecule has 1 aliphatic carbocycles. The third kappa shape index (κ3) is 3.74. The molecule has 2 nitrogen and oxygen atoms in total. The lowest BCUT2D eigenvalue weighted by Gasteiger charge is -2.36. The molecule has 1 aromatic carbocycles. The van der Waals surface area contributed by atoms with Gasteiger partial charge in [-0.05, 0) is 50.8 Å². The molecule has 0 radical (unpaired) electrons. The monoisotopic (exact) mass is 248 g/mol. The predicted octanol–water partition coefficient (Wildman–Crippen LogP) is 4.06. The maximum Gasteiger partial charge on any atom is 0.115 e. The van der Waals surface area contributed by atoms with Crippen LogP contribution in [0.25, 0.3) is 0 Å². The first kappa shape index (κ1) is 13.4. The van der Waals surface area contributed by atoms with E-state index in [0.29, 0.717) is 5.75 Å². The van der Waals surface area contributed by atoms with Crippen molar-refractivity contribution in [3.63, 3.8) is 0 Å². The van der Waals surface area contributed by atoms with Crippen LogP contribution in [-0.2, 0) is 11.2 Å². The minimum absolute atomic E-state index is 0.0780. The van der Waals surface area contributed by atoms with Gasteiger partial charge in [-0.3, -0.25) is 0 Å². The molecule has 0 amide bonds. The summed E-state index contributed by atoms with van der Waals surface area (Å²) >= 11 is 0. The van der Waals surface area contributed by atoms with E-state index in [-0.39, 0.29) is 11.7 Å². The average molecular weight is 248 g/mol. The third-order valence-corrected chi connectivity index (χ3v) is 3.86. The van der Waals surface area contributed by atoms with Gasteiger partial charge in [-0.15, -0.1) is 0 Å². The van der Waals surface area contributed by atoms with Crippen LogP contribution in [0.2, 0.25) is 0 Å². The van der Waals surface area contributed by atoms with Crippen molar-refractivity contribution < 1.29 is 9.84 Å². The van der Waals surface area contributed by atoms with E-state index < -0.39 is 0 Å². The van der Waals surface area contributed by atoms with Crippen LogP contribution < -0.4 is 0 Å². The molecule has 100 valence electrons. The molecule has 0 heterocycles. The summed E-state index contributed by atoms with van der Waals surface area (Å²) < 4.78 is 6.25. The van der Waals surface area contributed by atoms with Crippen LogP contribution in [0.1, 0.15) is 51.5 Å². The van der Waals surface area contributed by atoms with Gasteiger partial charge in [0.25, 0.3) is 0 Å². The molecule has 18 heavy (non-hydrogen) atoms. The fourth-order valence-corrected chi connectivity index (χ4v) is 2.91. The maximum atomic E-state index is 9.26. The highest BCUT2D eigenvalue weighted by Gasteiger charge is 2.29. The molecule has 0 spiro atoms. The normalized spacial score (nSPS) is 20.6. The summed E-state index contributed by atoms with van der Waals surface area (Å²) in [5.74, 6) is 0.326. The van der Waals surface area contributed by atoms with Crippen molar-refractivity contribution in [2.45, 2.75) is 64.1 Å². The predicted molar refractivity (Wildman–Crippen MR) is 73.8 cm³/mol. The summed E-state index contributed by atoms with van der Waals surface area (Å²) in [6.45, 7) is 4.40. The number of phenols is 1. The van der Waals surface area contributed by atoms with Crippen LogP contribution in [-0.4, -0.2) is 16.8 Å². The standard InChI is InChI=1S/C16H24O2/c1-13(12-14-6-8-15(17)9-7-14)18-16(2)10-4-3-5-11-16/h6-9,13,17H,3-5,10-12H2,1-2H3. The molecule has 0 saturated heterocycles. The lowest BCUT2D eigenvalue weighted by molar-refractivity contribution is -0.0945. The first-order valence-corrected chi connectivity index (χ1v) is 7.03. The van der Waals surface area contributed by atoms with Crippen LogP contribution in [0, 0.1) is 0 Å². The van der Waals surface area contributed by atoms with E-state index in [9.17, 15) is 5.11 Å². The topological polar surface area (TPSA) is 29.5 Å². The second kappa shape index (κ2) is 5.75. The fourth-order valence-electron chi connectivity index (χ4n) is 2.91. The summed E-state index contributed by atoms with van der Waals surface area (Å²) in [6, 6.07) is 7.42. The summed E-state index contributed by atoms with van der Waals surface area (Å²) in [6.07, 6.45) is 7.46. The molecule has 1 aromatic rings. The minimum Gasteiger partial charge on any atom is -0.508 e. The lowest BCUT2D eigenvalue weighted by Crippen LogP contribution is -2.35. The second-order valence-corrected chi connectivity index (χ2v) is 5.81. The van der Waals surface area contributed by atoms with Gasteiger partial charge in [0, 0.05) is 0 Å². The van der Waals surface area contributed by atoms with E-state index >= 15 is 0 Å². The Kier molecular flexibility index (Phi) is 4.28. The minimum atomic E-state index is 0.0780. The van der Waals surface area contributed by atoms with Gasteiger partial charge in [0.1, 0.15) is 5.75 Å². The van der Waals surface area contributed by atoms with E-state index in [0.717, 1.165) is 6.42 Å². The fraction of sp³-hybridized carbons (Fsp3) is 0.625. The summed E-state index contributed by atoms with van der Waals surface area (Å²) in [5, 5.41) is 9.26. The van der Waals surface area contributed by atoms with Crippen molar-refractivity contribution in [3.05, 3.63) is 29.8 Å². The Hall–Kier alpha value is -1.02. The number of benzene rings is 1. The smallest absolute Gasteiger partial charge is 0.115 e. The van der Waals surface area contributed by atoms with E-state index in [4.69, 9.17) is 4.74 Å². The van der Waals surface area contributed by atoms with Crippen molar-refractivity contribution in [2.75, 3.05) is 0 Å². The lowest BCUT2D eigenvalue weighted by atomic mass is 9.86. The number of phenolic OH excluding ortho intramolecular Hbond substituents is 1.